The van der Waals surface area contributed by atoms with Crippen molar-refractivity contribution in [1.82, 2.24) is 19.9 Å². The number of aromatic nitrogens is 4. The first-order valence-electron chi connectivity index (χ1n) is 9.90. The topological polar surface area (TPSA) is 72.9 Å². The summed E-state index contributed by atoms with van der Waals surface area (Å²) in [5.41, 5.74) is 0.458. The van der Waals surface area contributed by atoms with Gasteiger partial charge in [-0.15, -0.1) is 0 Å². The van der Waals surface area contributed by atoms with Crippen molar-refractivity contribution in [2.45, 2.75) is 19.2 Å². The van der Waals surface area contributed by atoms with Crippen molar-refractivity contribution < 1.29 is 31.4 Å². The van der Waals surface area contributed by atoms with Gasteiger partial charge in [0.15, 0.2) is 11.5 Å². The molecule has 6 nitrogen and oxygen atoms in total. The Morgan fingerprint density at radius 2 is 1.65 bits per heavy atom. The van der Waals surface area contributed by atoms with Crippen molar-refractivity contribution in [3.05, 3.63) is 78.0 Å². The Morgan fingerprint density at radius 1 is 0.882 bits per heavy atom. The number of hydrogen-bond donors (Lipinski definition) is 1. The zero-order valence-electron chi connectivity index (χ0n) is 17.8. The number of ether oxygens (including phenoxy) is 2. The molecule has 176 valence electrons. The molecule has 34 heavy (non-hydrogen) atoms. The van der Waals surface area contributed by atoms with Gasteiger partial charge in [-0.25, -0.2) is 14.4 Å². The van der Waals surface area contributed by atoms with Crippen molar-refractivity contribution in [2.75, 3.05) is 7.11 Å². The number of halogens is 5. The minimum absolute atomic E-state index is 0.238. The van der Waals surface area contributed by atoms with Gasteiger partial charge in [0, 0.05) is 23.5 Å². The number of pyridine rings is 2. The maximum Gasteiger partial charge on any atom is 0.417 e. The van der Waals surface area contributed by atoms with Crippen LogP contribution in [0, 0.1) is 11.8 Å². The molecule has 0 aliphatic heterocycles. The molecule has 1 N–H and O–H groups in total. The van der Waals surface area contributed by atoms with E-state index in [1.807, 2.05) is 0 Å². The van der Waals surface area contributed by atoms with Crippen molar-refractivity contribution in [2.24, 2.45) is 0 Å². The summed E-state index contributed by atoms with van der Waals surface area (Å²) in [7, 11) is 1.41. The number of hydrogen-bond acceptors (Lipinski definition) is 5. The minimum atomic E-state index is -4.70. The highest BCUT2D eigenvalue weighted by molar-refractivity contribution is 5.67. The van der Waals surface area contributed by atoms with Crippen LogP contribution in [0.5, 0.6) is 11.5 Å². The summed E-state index contributed by atoms with van der Waals surface area (Å²) in [6.07, 6.45) is -2.20. The third kappa shape index (κ3) is 4.82. The highest BCUT2D eigenvalue weighted by Gasteiger charge is 2.32. The number of nitrogens with zero attached hydrogens (tertiary/aromatic N) is 3. The lowest BCUT2D eigenvalue weighted by Gasteiger charge is -2.18. The molecule has 1 atom stereocenters. The van der Waals surface area contributed by atoms with Crippen LogP contribution in [0.2, 0.25) is 0 Å². The van der Waals surface area contributed by atoms with E-state index < -0.39 is 29.6 Å². The van der Waals surface area contributed by atoms with E-state index in [4.69, 9.17) is 9.47 Å². The second kappa shape index (κ2) is 9.08. The zero-order valence-corrected chi connectivity index (χ0v) is 17.8. The zero-order chi connectivity index (χ0) is 24.5. The van der Waals surface area contributed by atoms with E-state index in [1.54, 1.807) is 24.4 Å². The molecule has 0 fully saturated rings. The number of rotatable bonds is 6. The average Bonchev–Trinajstić information content (AvgIpc) is 3.29. The van der Waals surface area contributed by atoms with Gasteiger partial charge in [0.25, 0.3) is 0 Å². The van der Waals surface area contributed by atoms with Crippen LogP contribution >= 0.6 is 0 Å². The van der Waals surface area contributed by atoms with Crippen molar-refractivity contribution in [3.8, 4) is 34.1 Å². The van der Waals surface area contributed by atoms with E-state index >= 15 is 0 Å². The summed E-state index contributed by atoms with van der Waals surface area (Å²) in [5, 5.41) is 0. The first-order chi connectivity index (χ1) is 16.2. The van der Waals surface area contributed by atoms with Crippen LogP contribution in [0.3, 0.4) is 0 Å². The third-order valence-corrected chi connectivity index (χ3v) is 4.94. The molecule has 0 saturated heterocycles. The van der Waals surface area contributed by atoms with Gasteiger partial charge in [0.1, 0.15) is 23.4 Å². The molecule has 3 heterocycles. The Kier molecular flexibility index (Phi) is 6.18. The molecule has 0 bridgehead atoms. The van der Waals surface area contributed by atoms with E-state index in [0.29, 0.717) is 40.7 Å². The molecule has 1 unspecified atom stereocenters. The fraction of sp³-hybridized carbons (Fsp3) is 0.174. The third-order valence-electron chi connectivity index (χ3n) is 4.94. The summed E-state index contributed by atoms with van der Waals surface area (Å²) in [4.78, 5) is 14.6. The molecule has 0 aliphatic rings. The predicted octanol–water partition coefficient (Wildman–Crippen LogP) is 5.98. The maximum absolute atomic E-state index is 14.3. The monoisotopic (exact) mass is 476 g/mol. The number of methoxy groups -OCH3 is 1. The molecule has 4 aromatic rings. The van der Waals surface area contributed by atoms with E-state index in [9.17, 15) is 22.0 Å². The number of aromatic amines is 1. The molecule has 4 rings (SSSR count). The number of alkyl halides is 3. The molecular weight excluding hydrogens is 459 g/mol. The Morgan fingerprint density at radius 3 is 2.29 bits per heavy atom. The molecule has 0 aliphatic carbocycles. The second-order valence-corrected chi connectivity index (χ2v) is 7.23. The SMILES string of the molecule is COc1cc(-c2cnc(-c3ccc(F)nc3)[nH]2)ccc1OC(C)c1ncc(C(F)(F)F)cc1F. The van der Waals surface area contributed by atoms with Crippen LogP contribution in [0.1, 0.15) is 24.3 Å². The Hall–Kier alpha value is -4.02. The Balaban J connectivity index is 1.56. The van der Waals surface area contributed by atoms with Gasteiger partial charge in [-0.3, -0.25) is 4.98 Å². The lowest BCUT2D eigenvalue weighted by Crippen LogP contribution is -2.12. The van der Waals surface area contributed by atoms with Crippen LogP contribution in [-0.4, -0.2) is 27.0 Å². The molecule has 11 heteroatoms. The van der Waals surface area contributed by atoms with E-state index in [-0.39, 0.29) is 11.4 Å². The molecule has 0 saturated carbocycles. The van der Waals surface area contributed by atoms with E-state index in [2.05, 4.69) is 19.9 Å². The average molecular weight is 476 g/mol. The minimum Gasteiger partial charge on any atom is -0.493 e. The normalized spacial score (nSPS) is 12.4. The number of H-pyrrole nitrogens is 1. The number of benzene rings is 1. The van der Waals surface area contributed by atoms with Crippen LogP contribution in [-0.2, 0) is 6.18 Å². The van der Waals surface area contributed by atoms with Gasteiger partial charge in [-0.1, -0.05) is 0 Å². The van der Waals surface area contributed by atoms with Gasteiger partial charge in [0.05, 0.1) is 24.6 Å². The molecule has 0 amide bonds. The molecule has 3 aromatic heterocycles. The largest absolute Gasteiger partial charge is 0.493 e. The Labute approximate surface area is 190 Å². The van der Waals surface area contributed by atoms with Crippen LogP contribution in [0.15, 0.2) is 55.0 Å². The van der Waals surface area contributed by atoms with Crippen LogP contribution in [0.25, 0.3) is 22.6 Å². The van der Waals surface area contributed by atoms with E-state index in [0.717, 1.165) is 0 Å². The molecule has 0 radical (unpaired) electrons. The summed E-state index contributed by atoms with van der Waals surface area (Å²) < 4.78 is 76.7. The fourth-order valence-electron chi connectivity index (χ4n) is 3.21. The van der Waals surface area contributed by atoms with Gasteiger partial charge in [0.2, 0.25) is 5.95 Å². The smallest absolute Gasteiger partial charge is 0.417 e. The predicted molar refractivity (Wildman–Crippen MR) is 112 cm³/mol. The Bertz CT molecular complexity index is 1310. The second-order valence-electron chi connectivity index (χ2n) is 7.23. The van der Waals surface area contributed by atoms with Crippen molar-refractivity contribution in [3.63, 3.8) is 0 Å². The van der Waals surface area contributed by atoms with Gasteiger partial charge < -0.3 is 14.5 Å². The van der Waals surface area contributed by atoms with E-state index in [1.165, 1.54) is 32.4 Å². The first kappa shape index (κ1) is 23.1. The number of imidazole rings is 1. The molecule has 0 spiro atoms. The highest BCUT2D eigenvalue weighted by atomic mass is 19.4. The first-order valence-corrected chi connectivity index (χ1v) is 9.90. The van der Waals surface area contributed by atoms with Crippen LogP contribution < -0.4 is 9.47 Å². The standard InChI is InChI=1S/C23H17F5N4O2/c1-12(21-16(24)8-15(10-30-21)23(26,27)28)34-18-5-3-13(7-19(18)33-2)17-11-31-22(32-17)14-4-6-20(25)29-9-14/h3-12H,1-2H3,(H,31,32). The molecular formula is C23H17F5N4O2. The van der Waals surface area contributed by atoms with Crippen molar-refractivity contribution >= 4 is 0 Å². The summed E-state index contributed by atoms with van der Waals surface area (Å²) in [6, 6.07) is 8.07. The lowest BCUT2D eigenvalue weighted by molar-refractivity contribution is -0.138. The quantitative estimate of drug-likeness (QED) is 0.274. The van der Waals surface area contributed by atoms with Gasteiger partial charge in [-0.05, 0) is 43.3 Å². The summed E-state index contributed by atoms with van der Waals surface area (Å²) in [5.74, 6) is -0.701. The maximum atomic E-state index is 14.3. The molecule has 1 aromatic carbocycles. The summed E-state index contributed by atoms with van der Waals surface area (Å²) in [6.45, 7) is 1.46. The van der Waals surface area contributed by atoms with Gasteiger partial charge in [-0.2, -0.15) is 17.6 Å². The number of nitrogens with one attached hydrogen (secondary N) is 1. The summed E-state index contributed by atoms with van der Waals surface area (Å²) >= 11 is 0. The van der Waals surface area contributed by atoms with Crippen molar-refractivity contribution in [1.29, 1.82) is 0 Å². The lowest BCUT2D eigenvalue weighted by atomic mass is 10.1. The van der Waals surface area contributed by atoms with Crippen LogP contribution in [0.4, 0.5) is 22.0 Å². The fourth-order valence-corrected chi connectivity index (χ4v) is 3.21. The highest BCUT2D eigenvalue weighted by Crippen LogP contribution is 2.36. The van der Waals surface area contributed by atoms with Gasteiger partial charge >= 0.3 is 6.18 Å².